The Morgan fingerprint density at radius 3 is 2.92 bits per heavy atom. The lowest BCUT2D eigenvalue weighted by molar-refractivity contribution is 0.0950. The number of hydrogen-bond donors (Lipinski definition) is 1. The third-order valence-electron chi connectivity index (χ3n) is 7.15. The summed E-state index contributed by atoms with van der Waals surface area (Å²) in [7, 11) is 0. The SMILES string of the molecule is O=C(NCCCN1CCC(F)CC1)c1ccc2c(c1)sc1nc(-c3cc4c(cc3F)COCC4)cn12. The van der Waals surface area contributed by atoms with Gasteiger partial charge in [0.05, 0.1) is 29.1 Å². The van der Waals surface area contributed by atoms with Crippen molar-refractivity contribution in [2.24, 2.45) is 0 Å². The third-order valence-corrected chi connectivity index (χ3v) is 8.17. The number of benzene rings is 2. The number of likely N-dealkylation sites (tertiary alicyclic amines) is 1. The summed E-state index contributed by atoms with van der Waals surface area (Å²) in [6.45, 7) is 4.14. The molecule has 1 N–H and O–H groups in total. The first-order valence-electron chi connectivity index (χ1n) is 12.5. The number of thiazole rings is 1. The van der Waals surface area contributed by atoms with E-state index in [9.17, 15) is 13.6 Å². The maximum absolute atomic E-state index is 14.8. The van der Waals surface area contributed by atoms with Crippen molar-refractivity contribution < 1.29 is 18.3 Å². The summed E-state index contributed by atoms with van der Waals surface area (Å²) in [5.41, 5.74) is 4.67. The van der Waals surface area contributed by atoms with Crippen LogP contribution in [-0.2, 0) is 17.8 Å². The molecule has 1 amide bonds. The first kappa shape index (κ1) is 23.5. The zero-order valence-corrected chi connectivity index (χ0v) is 20.8. The second kappa shape index (κ2) is 9.88. The molecule has 1 saturated heterocycles. The molecule has 0 saturated carbocycles. The molecule has 0 spiro atoms. The number of carbonyl (C=O) groups excluding carboxylic acids is 1. The average Bonchev–Trinajstić information content (AvgIpc) is 3.44. The van der Waals surface area contributed by atoms with Gasteiger partial charge < -0.3 is 15.0 Å². The highest BCUT2D eigenvalue weighted by molar-refractivity contribution is 7.23. The fourth-order valence-corrected chi connectivity index (χ4v) is 6.14. The van der Waals surface area contributed by atoms with Gasteiger partial charge in [0.1, 0.15) is 12.0 Å². The first-order chi connectivity index (χ1) is 17.5. The van der Waals surface area contributed by atoms with E-state index in [0.717, 1.165) is 58.8 Å². The Morgan fingerprint density at radius 1 is 1.19 bits per heavy atom. The highest BCUT2D eigenvalue weighted by atomic mass is 32.1. The molecular weight excluding hydrogens is 482 g/mol. The van der Waals surface area contributed by atoms with Gasteiger partial charge in [-0.1, -0.05) is 11.3 Å². The average molecular weight is 511 g/mol. The number of hydrogen-bond acceptors (Lipinski definition) is 5. The largest absolute Gasteiger partial charge is 0.376 e. The first-order valence-corrected chi connectivity index (χ1v) is 13.3. The molecule has 6 nitrogen and oxygen atoms in total. The Hall–Kier alpha value is -2.88. The van der Waals surface area contributed by atoms with Crippen LogP contribution >= 0.6 is 11.3 Å². The van der Waals surface area contributed by atoms with Gasteiger partial charge in [0.15, 0.2) is 4.96 Å². The summed E-state index contributed by atoms with van der Waals surface area (Å²) in [4.78, 5) is 20.4. The van der Waals surface area contributed by atoms with Crippen molar-refractivity contribution in [3.05, 3.63) is 59.0 Å². The number of alkyl halides is 1. The molecule has 0 unspecified atom stereocenters. The van der Waals surface area contributed by atoms with Crippen LogP contribution in [0.5, 0.6) is 0 Å². The van der Waals surface area contributed by atoms with Crippen molar-refractivity contribution in [2.45, 2.75) is 38.5 Å². The zero-order valence-electron chi connectivity index (χ0n) is 19.9. The summed E-state index contributed by atoms with van der Waals surface area (Å²) in [5.74, 6) is -0.397. The lowest BCUT2D eigenvalue weighted by atomic mass is 9.98. The smallest absolute Gasteiger partial charge is 0.251 e. The molecule has 36 heavy (non-hydrogen) atoms. The minimum absolute atomic E-state index is 0.105. The van der Waals surface area contributed by atoms with Gasteiger partial charge >= 0.3 is 0 Å². The molecule has 6 rings (SSSR count). The fraction of sp³-hybridized carbons (Fsp3) is 0.407. The molecule has 0 radical (unpaired) electrons. The standard InChI is InChI=1S/C27H28F2N4O2S/c28-20-4-9-32(10-5-20)8-1-7-30-26(34)18-2-3-24-25(14-18)36-27-31-23(15-33(24)27)21-12-17-6-11-35-16-19(17)13-22(21)29/h2-3,12-15,20H,1,4-11,16H2,(H,30,34). The van der Waals surface area contributed by atoms with Gasteiger partial charge in [-0.3, -0.25) is 9.20 Å². The quantitative estimate of drug-likeness (QED) is 0.372. The third kappa shape index (κ3) is 4.63. The topological polar surface area (TPSA) is 58.9 Å². The van der Waals surface area contributed by atoms with Crippen molar-refractivity contribution in [3.63, 3.8) is 0 Å². The van der Waals surface area contributed by atoms with E-state index in [0.29, 0.717) is 49.4 Å². The molecule has 0 aliphatic carbocycles. The van der Waals surface area contributed by atoms with E-state index in [1.165, 1.54) is 11.3 Å². The number of imidazole rings is 1. The minimum atomic E-state index is -0.664. The van der Waals surface area contributed by atoms with Gasteiger partial charge in [0, 0.05) is 37.0 Å². The van der Waals surface area contributed by atoms with Crippen LogP contribution in [0.4, 0.5) is 8.78 Å². The Kier molecular flexibility index (Phi) is 6.45. The fourth-order valence-electron chi connectivity index (χ4n) is 5.09. The number of fused-ring (bicyclic) bond motifs is 4. The summed E-state index contributed by atoms with van der Waals surface area (Å²) in [5, 5.41) is 2.99. The second-order valence-corrected chi connectivity index (χ2v) is 10.6. The van der Waals surface area contributed by atoms with Crippen LogP contribution < -0.4 is 5.32 Å². The molecule has 0 bridgehead atoms. The van der Waals surface area contributed by atoms with E-state index < -0.39 is 6.17 Å². The lowest BCUT2D eigenvalue weighted by Crippen LogP contribution is -2.36. The lowest BCUT2D eigenvalue weighted by Gasteiger charge is -2.28. The number of nitrogens with one attached hydrogen (secondary N) is 1. The van der Waals surface area contributed by atoms with E-state index in [4.69, 9.17) is 9.72 Å². The van der Waals surface area contributed by atoms with E-state index in [1.54, 1.807) is 6.07 Å². The Balaban J connectivity index is 1.14. The number of rotatable bonds is 6. The minimum Gasteiger partial charge on any atom is -0.376 e. The van der Waals surface area contributed by atoms with Crippen molar-refractivity contribution in [1.82, 2.24) is 19.6 Å². The van der Waals surface area contributed by atoms with Crippen molar-refractivity contribution in [3.8, 4) is 11.3 Å². The summed E-state index contributed by atoms with van der Waals surface area (Å²) >= 11 is 1.48. The van der Waals surface area contributed by atoms with Crippen LogP contribution in [0.25, 0.3) is 26.4 Å². The Labute approximate surface area is 211 Å². The highest BCUT2D eigenvalue weighted by Gasteiger charge is 2.19. The molecule has 1 fully saturated rings. The van der Waals surface area contributed by atoms with E-state index >= 15 is 0 Å². The summed E-state index contributed by atoms with van der Waals surface area (Å²) in [6.07, 6.45) is 4.03. The molecule has 2 aromatic carbocycles. The van der Waals surface area contributed by atoms with Crippen LogP contribution in [0.3, 0.4) is 0 Å². The molecule has 0 atom stereocenters. The second-order valence-electron chi connectivity index (χ2n) is 9.59. The molecule has 2 aliphatic heterocycles. The molecule has 4 heterocycles. The summed E-state index contributed by atoms with van der Waals surface area (Å²) in [6, 6.07) is 9.07. The maximum atomic E-state index is 14.8. The van der Waals surface area contributed by atoms with E-state index in [2.05, 4.69) is 10.2 Å². The number of nitrogens with zero attached hydrogens (tertiary/aromatic N) is 3. The van der Waals surface area contributed by atoms with Crippen molar-refractivity contribution in [2.75, 3.05) is 32.8 Å². The highest BCUT2D eigenvalue weighted by Crippen LogP contribution is 2.33. The molecule has 2 aliphatic rings. The number of carbonyl (C=O) groups is 1. The van der Waals surface area contributed by atoms with Gasteiger partial charge in [-0.25, -0.2) is 13.8 Å². The van der Waals surface area contributed by atoms with Gasteiger partial charge in [0.25, 0.3) is 5.91 Å². The number of amides is 1. The predicted molar refractivity (Wildman–Crippen MR) is 137 cm³/mol. The molecular formula is C27H28F2N4O2S. The van der Waals surface area contributed by atoms with Crippen LogP contribution in [0.2, 0.25) is 0 Å². The number of ether oxygens (including phenoxy) is 1. The van der Waals surface area contributed by atoms with Crippen LogP contribution in [0.15, 0.2) is 36.5 Å². The van der Waals surface area contributed by atoms with Crippen molar-refractivity contribution in [1.29, 1.82) is 0 Å². The van der Waals surface area contributed by atoms with Crippen LogP contribution in [0.1, 0.15) is 40.7 Å². The normalized spacial score (nSPS) is 17.1. The number of halogens is 2. The van der Waals surface area contributed by atoms with E-state index in [1.807, 2.05) is 34.9 Å². The number of piperidine rings is 1. The van der Waals surface area contributed by atoms with Crippen LogP contribution in [-0.4, -0.2) is 59.1 Å². The van der Waals surface area contributed by atoms with Gasteiger partial charge in [-0.2, -0.15) is 0 Å². The van der Waals surface area contributed by atoms with Gasteiger partial charge in [-0.15, -0.1) is 0 Å². The van der Waals surface area contributed by atoms with Gasteiger partial charge in [-0.05, 0) is 73.7 Å². The molecule has 2 aromatic heterocycles. The Morgan fingerprint density at radius 2 is 2.06 bits per heavy atom. The molecule has 188 valence electrons. The number of aromatic nitrogens is 2. The summed E-state index contributed by atoms with van der Waals surface area (Å²) < 4.78 is 36.4. The Bertz CT molecular complexity index is 1420. The molecule has 4 aromatic rings. The van der Waals surface area contributed by atoms with Crippen LogP contribution in [0, 0.1) is 5.82 Å². The van der Waals surface area contributed by atoms with E-state index in [-0.39, 0.29) is 11.7 Å². The van der Waals surface area contributed by atoms with Crippen molar-refractivity contribution >= 4 is 32.4 Å². The zero-order chi connectivity index (χ0) is 24.6. The van der Waals surface area contributed by atoms with Gasteiger partial charge in [0.2, 0.25) is 0 Å². The molecule has 9 heteroatoms. The maximum Gasteiger partial charge on any atom is 0.251 e. The monoisotopic (exact) mass is 510 g/mol. The predicted octanol–water partition coefficient (Wildman–Crippen LogP) is 4.98.